The van der Waals surface area contributed by atoms with Crippen LogP contribution in [0.2, 0.25) is 0 Å². The maximum Gasteiger partial charge on any atom is 0.155 e. The van der Waals surface area contributed by atoms with Gasteiger partial charge in [-0.25, -0.2) is 0 Å². The Morgan fingerprint density at radius 1 is 1.38 bits per heavy atom. The molecule has 13 heavy (non-hydrogen) atoms. The van der Waals surface area contributed by atoms with Gasteiger partial charge in [-0.1, -0.05) is 24.8 Å². The van der Waals surface area contributed by atoms with Crippen LogP contribution < -0.4 is 0 Å². The van der Waals surface area contributed by atoms with Gasteiger partial charge in [0.05, 0.1) is 0 Å². The van der Waals surface area contributed by atoms with E-state index in [4.69, 9.17) is 0 Å². The van der Waals surface area contributed by atoms with Gasteiger partial charge in [-0.2, -0.15) is 0 Å². The third-order valence-corrected chi connectivity index (χ3v) is 2.60. The molecule has 0 saturated carbocycles. The van der Waals surface area contributed by atoms with Crippen LogP contribution in [0.15, 0.2) is 47.9 Å². The van der Waals surface area contributed by atoms with Crippen LogP contribution in [0, 0.1) is 0 Å². The molecule has 0 heterocycles. The molecule has 0 atom stereocenters. The molecule has 0 amide bonds. The average molecular weight is 192 g/mol. The van der Waals surface area contributed by atoms with Gasteiger partial charge in [-0.15, -0.1) is 11.8 Å². The molecule has 0 fully saturated rings. The average Bonchev–Trinajstić information content (AvgIpc) is 2.19. The first-order valence-corrected chi connectivity index (χ1v) is 5.14. The Hall–Kier alpha value is -1.02. The minimum Gasteiger partial charge on any atom is -0.295 e. The lowest BCUT2D eigenvalue weighted by Gasteiger charge is -1.98. The lowest BCUT2D eigenvalue weighted by molar-refractivity contribution is -0.114. The predicted octanol–water partition coefficient (Wildman–Crippen LogP) is 2.92. The van der Waals surface area contributed by atoms with E-state index in [2.05, 4.69) is 6.58 Å². The number of carbonyl (C=O) groups is 1. The molecule has 0 spiro atoms. The summed E-state index contributed by atoms with van der Waals surface area (Å²) >= 11 is 1.70. The highest BCUT2D eigenvalue weighted by atomic mass is 32.2. The van der Waals surface area contributed by atoms with Crippen LogP contribution in [0.25, 0.3) is 0 Å². The monoisotopic (exact) mass is 192 g/mol. The van der Waals surface area contributed by atoms with Crippen LogP contribution in [-0.2, 0) is 4.79 Å². The van der Waals surface area contributed by atoms with Crippen molar-refractivity contribution < 1.29 is 4.79 Å². The van der Waals surface area contributed by atoms with E-state index in [1.165, 1.54) is 11.0 Å². The molecular weight excluding hydrogens is 180 g/mol. The van der Waals surface area contributed by atoms with Gasteiger partial charge in [-0.05, 0) is 18.2 Å². The quantitative estimate of drug-likeness (QED) is 0.527. The summed E-state index contributed by atoms with van der Waals surface area (Å²) in [5, 5.41) is 0. The van der Waals surface area contributed by atoms with Crippen LogP contribution in [0.3, 0.4) is 0 Å². The number of ketones is 1. The molecule has 0 aliphatic rings. The van der Waals surface area contributed by atoms with Crippen molar-refractivity contribution in [2.24, 2.45) is 0 Å². The minimum absolute atomic E-state index is 0.114. The molecule has 0 unspecified atom stereocenters. The van der Waals surface area contributed by atoms with Gasteiger partial charge < -0.3 is 0 Å². The van der Waals surface area contributed by atoms with E-state index in [1.807, 2.05) is 30.3 Å². The highest BCUT2D eigenvalue weighted by Gasteiger charge is 1.96. The number of hydrogen-bond donors (Lipinski definition) is 0. The van der Waals surface area contributed by atoms with Gasteiger partial charge in [0, 0.05) is 17.1 Å². The fourth-order valence-corrected chi connectivity index (χ4v) is 1.78. The minimum atomic E-state index is 0.114. The number of hydrogen-bond acceptors (Lipinski definition) is 2. The number of allylic oxidation sites excluding steroid dienone is 1. The second kappa shape index (κ2) is 5.60. The number of rotatable bonds is 5. The summed E-state index contributed by atoms with van der Waals surface area (Å²) in [4.78, 5) is 12.1. The summed E-state index contributed by atoms with van der Waals surface area (Å²) in [5.41, 5.74) is 0. The van der Waals surface area contributed by atoms with Gasteiger partial charge >= 0.3 is 0 Å². The van der Waals surface area contributed by atoms with Crippen LogP contribution in [0.1, 0.15) is 6.42 Å². The lowest BCUT2D eigenvalue weighted by Crippen LogP contribution is -1.93. The third kappa shape index (κ3) is 3.95. The van der Waals surface area contributed by atoms with Gasteiger partial charge in [0.2, 0.25) is 0 Å². The van der Waals surface area contributed by atoms with Crippen molar-refractivity contribution >= 4 is 17.5 Å². The van der Waals surface area contributed by atoms with Crippen molar-refractivity contribution in [2.75, 3.05) is 5.75 Å². The largest absolute Gasteiger partial charge is 0.295 e. The summed E-state index contributed by atoms with van der Waals surface area (Å²) in [6.07, 6.45) is 1.95. The summed E-state index contributed by atoms with van der Waals surface area (Å²) in [6.45, 7) is 3.43. The van der Waals surface area contributed by atoms with Crippen molar-refractivity contribution in [2.45, 2.75) is 11.3 Å². The first kappa shape index (κ1) is 10.1. The van der Waals surface area contributed by atoms with E-state index < -0.39 is 0 Å². The van der Waals surface area contributed by atoms with E-state index in [9.17, 15) is 4.79 Å². The van der Waals surface area contributed by atoms with Gasteiger partial charge in [0.15, 0.2) is 5.78 Å². The molecular formula is C11H12OS. The third-order valence-electron chi connectivity index (χ3n) is 1.59. The molecule has 68 valence electrons. The molecule has 1 rings (SSSR count). The molecule has 0 N–H and O–H groups in total. The van der Waals surface area contributed by atoms with E-state index >= 15 is 0 Å². The van der Waals surface area contributed by atoms with Crippen molar-refractivity contribution in [3.63, 3.8) is 0 Å². The molecule has 0 saturated heterocycles. The van der Waals surface area contributed by atoms with E-state index in [0.29, 0.717) is 6.42 Å². The van der Waals surface area contributed by atoms with Crippen molar-refractivity contribution in [3.8, 4) is 0 Å². The second-order valence-corrected chi connectivity index (χ2v) is 3.75. The molecule has 1 aromatic carbocycles. The highest BCUT2D eigenvalue weighted by Crippen LogP contribution is 2.17. The van der Waals surface area contributed by atoms with Crippen molar-refractivity contribution in [1.82, 2.24) is 0 Å². The van der Waals surface area contributed by atoms with Crippen LogP contribution in [-0.4, -0.2) is 11.5 Å². The van der Waals surface area contributed by atoms with Gasteiger partial charge in [0.25, 0.3) is 0 Å². The summed E-state index contributed by atoms with van der Waals surface area (Å²) in [6, 6.07) is 10.1. The van der Waals surface area contributed by atoms with Crippen LogP contribution in [0.4, 0.5) is 0 Å². The zero-order valence-corrected chi connectivity index (χ0v) is 8.22. The van der Waals surface area contributed by atoms with E-state index in [0.717, 1.165) is 5.75 Å². The van der Waals surface area contributed by atoms with Gasteiger partial charge in [-0.3, -0.25) is 4.79 Å². The van der Waals surface area contributed by atoms with Crippen LogP contribution >= 0.6 is 11.8 Å². The van der Waals surface area contributed by atoms with E-state index in [1.54, 1.807) is 11.8 Å². The SMILES string of the molecule is C=CC(=O)CCSc1ccccc1. The number of benzene rings is 1. The fraction of sp³-hybridized carbons (Fsp3) is 0.182. The Labute approximate surface area is 82.9 Å². The Balaban J connectivity index is 2.28. The van der Waals surface area contributed by atoms with Crippen molar-refractivity contribution in [3.05, 3.63) is 43.0 Å². The fourth-order valence-electron chi connectivity index (χ4n) is 0.888. The molecule has 1 aromatic rings. The smallest absolute Gasteiger partial charge is 0.155 e. The first-order valence-electron chi connectivity index (χ1n) is 4.16. The topological polar surface area (TPSA) is 17.1 Å². The maximum atomic E-state index is 10.9. The maximum absolute atomic E-state index is 10.9. The molecule has 0 aliphatic heterocycles. The summed E-state index contributed by atoms with van der Waals surface area (Å²) in [7, 11) is 0. The standard InChI is InChI=1S/C11H12OS/c1-2-10(12)8-9-13-11-6-4-3-5-7-11/h2-7H,1,8-9H2. The summed E-state index contributed by atoms with van der Waals surface area (Å²) < 4.78 is 0. The van der Waals surface area contributed by atoms with Crippen molar-refractivity contribution in [1.29, 1.82) is 0 Å². The highest BCUT2D eigenvalue weighted by molar-refractivity contribution is 7.99. The number of thioether (sulfide) groups is 1. The predicted molar refractivity (Wildman–Crippen MR) is 57.0 cm³/mol. The lowest BCUT2D eigenvalue weighted by atomic mass is 10.3. The Bertz CT molecular complexity index is 279. The Morgan fingerprint density at radius 3 is 2.69 bits per heavy atom. The molecule has 1 nitrogen and oxygen atoms in total. The molecule has 2 heteroatoms. The zero-order chi connectivity index (χ0) is 9.52. The second-order valence-electron chi connectivity index (χ2n) is 2.58. The van der Waals surface area contributed by atoms with Gasteiger partial charge in [0.1, 0.15) is 0 Å². The normalized spacial score (nSPS) is 9.54. The zero-order valence-electron chi connectivity index (χ0n) is 7.40. The Kier molecular flexibility index (Phi) is 4.33. The van der Waals surface area contributed by atoms with E-state index in [-0.39, 0.29) is 5.78 Å². The first-order chi connectivity index (χ1) is 6.33. The molecule has 0 aromatic heterocycles. The molecule has 0 aliphatic carbocycles. The number of carbonyl (C=O) groups excluding carboxylic acids is 1. The van der Waals surface area contributed by atoms with Crippen LogP contribution in [0.5, 0.6) is 0 Å². The molecule has 0 radical (unpaired) electrons. The Morgan fingerprint density at radius 2 is 2.08 bits per heavy atom. The molecule has 0 bridgehead atoms. The summed E-state index contributed by atoms with van der Waals surface area (Å²) in [5.74, 6) is 0.943.